The fourth-order valence-corrected chi connectivity index (χ4v) is 2.21. The fourth-order valence-electron chi connectivity index (χ4n) is 2.21. The van der Waals surface area contributed by atoms with E-state index < -0.39 is 23.6 Å². The van der Waals surface area contributed by atoms with E-state index in [0.29, 0.717) is 5.92 Å². The monoisotopic (exact) mass is 213 g/mol. The zero-order valence-corrected chi connectivity index (χ0v) is 8.02. The molecule has 0 bridgehead atoms. The molecule has 0 radical (unpaired) electrons. The van der Waals surface area contributed by atoms with Crippen molar-refractivity contribution < 1.29 is 23.9 Å². The van der Waals surface area contributed by atoms with Gasteiger partial charge in [0.05, 0.1) is 0 Å². The van der Waals surface area contributed by atoms with Gasteiger partial charge in [0.15, 0.2) is 0 Å². The van der Waals surface area contributed by atoms with Gasteiger partial charge in [0.2, 0.25) is 0 Å². The van der Waals surface area contributed by atoms with Crippen LogP contribution in [0.5, 0.6) is 0 Å². The van der Waals surface area contributed by atoms with Crippen LogP contribution in [0, 0.1) is 5.92 Å². The van der Waals surface area contributed by atoms with Crippen molar-refractivity contribution in [2.45, 2.75) is 31.3 Å². The molecule has 2 fully saturated rings. The molecule has 2 saturated carbocycles. The topological polar surface area (TPSA) is 95.7 Å². The van der Waals surface area contributed by atoms with Crippen molar-refractivity contribution in [1.29, 1.82) is 0 Å². The van der Waals surface area contributed by atoms with E-state index in [2.05, 4.69) is 10.5 Å². The third-order valence-corrected chi connectivity index (χ3v) is 2.98. The molecule has 15 heavy (non-hydrogen) atoms. The van der Waals surface area contributed by atoms with E-state index >= 15 is 0 Å². The van der Waals surface area contributed by atoms with Crippen molar-refractivity contribution in [3.63, 3.8) is 0 Å². The van der Waals surface area contributed by atoms with Crippen LogP contribution in [-0.4, -0.2) is 23.6 Å². The first-order valence-electron chi connectivity index (χ1n) is 4.78. The van der Waals surface area contributed by atoms with E-state index in [1.165, 1.54) is 0 Å². The second kappa shape index (κ2) is 3.22. The Morgan fingerprint density at radius 1 is 1.27 bits per heavy atom. The summed E-state index contributed by atoms with van der Waals surface area (Å²) in [6, 6.07) is 0. The summed E-state index contributed by atoms with van der Waals surface area (Å²) >= 11 is 0. The number of carbonyl (C=O) groups is 3. The first-order chi connectivity index (χ1) is 7.03. The molecule has 0 spiro atoms. The van der Waals surface area contributed by atoms with Crippen LogP contribution in [-0.2, 0) is 19.1 Å². The lowest BCUT2D eigenvalue weighted by atomic mass is 10.2. The highest BCUT2D eigenvalue weighted by atomic mass is 16.6. The highest BCUT2D eigenvalue weighted by Crippen LogP contribution is 2.58. The Morgan fingerprint density at radius 3 is 2.47 bits per heavy atom. The molecule has 0 aliphatic heterocycles. The minimum absolute atomic E-state index is 0.378. The molecule has 0 aromatic carbocycles. The SMILES string of the molecule is NC(=O)OC(=O)C(=O)OC12CCCC1C2. The Morgan fingerprint density at radius 2 is 2.00 bits per heavy atom. The Kier molecular flexibility index (Phi) is 2.13. The molecule has 6 heteroatoms. The number of fused-ring (bicyclic) bond motifs is 1. The second-order valence-electron chi connectivity index (χ2n) is 3.96. The number of rotatable bonds is 1. The van der Waals surface area contributed by atoms with Crippen LogP contribution in [0.3, 0.4) is 0 Å². The van der Waals surface area contributed by atoms with Gasteiger partial charge in [0.25, 0.3) is 0 Å². The average Bonchev–Trinajstić information content (AvgIpc) is 2.66. The van der Waals surface area contributed by atoms with Gasteiger partial charge >= 0.3 is 18.0 Å². The third-order valence-electron chi connectivity index (χ3n) is 2.98. The molecule has 0 heterocycles. The highest BCUT2D eigenvalue weighted by molar-refractivity contribution is 6.31. The van der Waals surface area contributed by atoms with E-state index in [1.807, 2.05) is 0 Å². The van der Waals surface area contributed by atoms with Gasteiger partial charge in [0.1, 0.15) is 5.60 Å². The summed E-state index contributed by atoms with van der Waals surface area (Å²) in [6.07, 6.45) is 2.32. The predicted octanol–water partition coefficient (Wildman–Crippen LogP) is 0.0941. The fraction of sp³-hybridized carbons (Fsp3) is 0.667. The number of esters is 2. The second-order valence-corrected chi connectivity index (χ2v) is 3.96. The maximum atomic E-state index is 11.2. The van der Waals surface area contributed by atoms with Gasteiger partial charge in [-0.05, 0) is 25.7 Å². The lowest BCUT2D eigenvalue weighted by Crippen LogP contribution is -2.30. The molecular weight excluding hydrogens is 202 g/mol. The van der Waals surface area contributed by atoms with Crippen LogP contribution in [0.4, 0.5) is 4.79 Å². The lowest BCUT2D eigenvalue weighted by Gasteiger charge is -2.12. The van der Waals surface area contributed by atoms with Crippen LogP contribution < -0.4 is 5.73 Å². The predicted molar refractivity (Wildman–Crippen MR) is 46.5 cm³/mol. The average molecular weight is 213 g/mol. The van der Waals surface area contributed by atoms with E-state index in [4.69, 9.17) is 4.74 Å². The van der Waals surface area contributed by atoms with Crippen molar-refractivity contribution in [3.8, 4) is 0 Å². The lowest BCUT2D eigenvalue weighted by molar-refractivity contribution is -0.169. The smallest absolute Gasteiger partial charge is 0.426 e. The number of ether oxygens (including phenoxy) is 2. The van der Waals surface area contributed by atoms with Crippen molar-refractivity contribution >= 4 is 18.0 Å². The zero-order valence-electron chi connectivity index (χ0n) is 8.02. The Bertz CT molecular complexity index is 339. The standard InChI is InChI=1S/C9H11NO5/c10-8(13)14-6(11)7(12)15-9-3-1-2-5(9)4-9/h5H,1-4H2,(H2,10,13). The molecular formula is C9H11NO5. The molecule has 0 saturated heterocycles. The minimum Gasteiger partial charge on any atom is -0.450 e. The zero-order chi connectivity index (χ0) is 11.1. The maximum Gasteiger partial charge on any atom is 0.426 e. The van der Waals surface area contributed by atoms with E-state index in [0.717, 1.165) is 25.7 Å². The molecule has 2 rings (SSSR count). The number of hydrogen-bond donors (Lipinski definition) is 1. The van der Waals surface area contributed by atoms with Crippen LogP contribution in [0.2, 0.25) is 0 Å². The molecule has 2 N–H and O–H groups in total. The molecule has 0 aromatic rings. The first-order valence-corrected chi connectivity index (χ1v) is 4.78. The molecule has 2 unspecified atom stereocenters. The van der Waals surface area contributed by atoms with Gasteiger partial charge in [-0.3, -0.25) is 0 Å². The summed E-state index contributed by atoms with van der Waals surface area (Å²) in [6.45, 7) is 0. The molecule has 6 nitrogen and oxygen atoms in total. The minimum atomic E-state index is -1.34. The van der Waals surface area contributed by atoms with Crippen molar-refractivity contribution in [1.82, 2.24) is 0 Å². The van der Waals surface area contributed by atoms with Gasteiger partial charge in [-0.2, -0.15) is 0 Å². The van der Waals surface area contributed by atoms with Gasteiger partial charge in [0, 0.05) is 5.92 Å². The number of hydrogen-bond acceptors (Lipinski definition) is 5. The summed E-state index contributed by atoms with van der Waals surface area (Å²) < 4.78 is 8.93. The number of primary amides is 1. The van der Waals surface area contributed by atoms with E-state index in [1.54, 1.807) is 0 Å². The molecule has 2 atom stereocenters. The first kappa shape index (κ1) is 9.95. The van der Waals surface area contributed by atoms with Crippen molar-refractivity contribution in [2.24, 2.45) is 11.7 Å². The Balaban J connectivity index is 1.87. The number of nitrogens with two attached hydrogens (primary N) is 1. The molecule has 0 aromatic heterocycles. The van der Waals surface area contributed by atoms with Crippen LogP contribution >= 0.6 is 0 Å². The van der Waals surface area contributed by atoms with Crippen molar-refractivity contribution in [2.75, 3.05) is 0 Å². The summed E-state index contributed by atoms with van der Waals surface area (Å²) in [5.74, 6) is -2.09. The Labute approximate surface area is 85.7 Å². The summed E-state index contributed by atoms with van der Waals surface area (Å²) in [5.41, 5.74) is 4.14. The summed E-state index contributed by atoms with van der Waals surface area (Å²) in [7, 11) is 0. The van der Waals surface area contributed by atoms with Crippen LogP contribution in [0.25, 0.3) is 0 Å². The maximum absolute atomic E-state index is 11.2. The molecule has 82 valence electrons. The van der Waals surface area contributed by atoms with Crippen LogP contribution in [0.1, 0.15) is 25.7 Å². The van der Waals surface area contributed by atoms with Gasteiger partial charge in [-0.1, -0.05) is 0 Å². The molecule has 2 aliphatic carbocycles. The third kappa shape index (κ3) is 1.79. The van der Waals surface area contributed by atoms with Gasteiger partial charge in [-0.25, -0.2) is 14.4 Å². The van der Waals surface area contributed by atoms with Crippen molar-refractivity contribution in [3.05, 3.63) is 0 Å². The molecule has 1 amide bonds. The van der Waals surface area contributed by atoms with Gasteiger partial charge < -0.3 is 15.2 Å². The van der Waals surface area contributed by atoms with Gasteiger partial charge in [-0.15, -0.1) is 0 Å². The van der Waals surface area contributed by atoms with E-state index in [9.17, 15) is 14.4 Å². The van der Waals surface area contributed by atoms with E-state index in [-0.39, 0.29) is 0 Å². The summed E-state index contributed by atoms with van der Waals surface area (Å²) in [4.78, 5) is 32.3. The number of amides is 1. The van der Waals surface area contributed by atoms with Crippen LogP contribution in [0.15, 0.2) is 0 Å². The Hall–Kier alpha value is -1.59. The molecule has 2 aliphatic rings. The number of carbonyl (C=O) groups excluding carboxylic acids is 3. The summed E-state index contributed by atoms with van der Waals surface area (Å²) in [5, 5.41) is 0. The quantitative estimate of drug-likeness (QED) is 0.378. The normalized spacial score (nSPS) is 31.6. The largest absolute Gasteiger partial charge is 0.450 e. The highest BCUT2D eigenvalue weighted by Gasteiger charge is 2.61.